The number of ether oxygens (including phenoxy) is 1. The first-order chi connectivity index (χ1) is 18.4. The maximum atomic E-state index is 13.2. The standard InChI is InChI=1S/C30H27ClN4O3/c1-3-38-26(36)15-6-19-4-7-20(8-5-19)28(27-24-14-11-22(31)18-25(24)34-30(27)37)33-23-12-9-21(10-13-23)29-32-16-17-35(29)2/h4-5,7-14,16-18,33H,3,6,15H2,1-2H3,(H,34,37)/b28-27-. The van der Waals surface area contributed by atoms with Crippen LogP contribution in [0.2, 0.25) is 5.02 Å². The number of hydrogen-bond acceptors (Lipinski definition) is 5. The van der Waals surface area contributed by atoms with Crippen LogP contribution in [0, 0.1) is 0 Å². The van der Waals surface area contributed by atoms with Gasteiger partial charge in [-0.15, -0.1) is 0 Å². The Kier molecular flexibility index (Phi) is 7.29. The van der Waals surface area contributed by atoms with Crippen LogP contribution < -0.4 is 10.6 Å². The number of amides is 1. The van der Waals surface area contributed by atoms with Gasteiger partial charge in [-0.05, 0) is 60.9 Å². The fourth-order valence-electron chi connectivity index (χ4n) is 4.48. The molecule has 0 radical (unpaired) electrons. The van der Waals surface area contributed by atoms with Gasteiger partial charge in [-0.1, -0.05) is 41.9 Å². The van der Waals surface area contributed by atoms with Crippen LogP contribution in [0.4, 0.5) is 11.4 Å². The Morgan fingerprint density at radius 1 is 1.08 bits per heavy atom. The van der Waals surface area contributed by atoms with Gasteiger partial charge in [-0.3, -0.25) is 9.59 Å². The topological polar surface area (TPSA) is 85.2 Å². The summed E-state index contributed by atoms with van der Waals surface area (Å²) < 4.78 is 7.00. The normalized spacial score (nSPS) is 13.6. The predicted octanol–water partition coefficient (Wildman–Crippen LogP) is 6.17. The van der Waals surface area contributed by atoms with E-state index in [1.165, 1.54) is 0 Å². The molecule has 0 saturated heterocycles. The number of hydrogen-bond donors (Lipinski definition) is 2. The molecule has 1 aliphatic heterocycles. The van der Waals surface area contributed by atoms with Gasteiger partial charge < -0.3 is 19.9 Å². The Balaban J connectivity index is 1.50. The van der Waals surface area contributed by atoms with Crippen LogP contribution in [-0.2, 0) is 27.8 Å². The van der Waals surface area contributed by atoms with Crippen molar-refractivity contribution in [2.45, 2.75) is 19.8 Å². The first-order valence-corrected chi connectivity index (χ1v) is 12.8. The lowest BCUT2D eigenvalue weighted by Gasteiger charge is -2.16. The molecule has 1 aliphatic rings. The van der Waals surface area contributed by atoms with E-state index in [-0.39, 0.29) is 11.9 Å². The summed E-state index contributed by atoms with van der Waals surface area (Å²) in [5, 5.41) is 6.96. The second-order valence-corrected chi connectivity index (χ2v) is 9.40. The number of carbonyl (C=O) groups is 2. The van der Waals surface area contributed by atoms with Gasteiger partial charge >= 0.3 is 5.97 Å². The number of esters is 1. The molecule has 1 amide bonds. The molecule has 0 unspecified atom stereocenters. The monoisotopic (exact) mass is 526 g/mol. The van der Waals surface area contributed by atoms with Crippen molar-refractivity contribution >= 4 is 46.1 Å². The average Bonchev–Trinajstić information content (AvgIpc) is 3.48. The molecule has 0 atom stereocenters. The van der Waals surface area contributed by atoms with E-state index in [0.29, 0.717) is 41.4 Å². The molecule has 2 N–H and O–H groups in total. The Labute approximate surface area is 226 Å². The van der Waals surface area contributed by atoms with Crippen LogP contribution in [0.15, 0.2) is 79.1 Å². The molecule has 1 aromatic heterocycles. The number of imidazole rings is 1. The number of fused-ring (bicyclic) bond motifs is 1. The molecular weight excluding hydrogens is 500 g/mol. The Bertz CT molecular complexity index is 1520. The fraction of sp³-hybridized carbons (Fsp3) is 0.167. The summed E-state index contributed by atoms with van der Waals surface area (Å²) in [4.78, 5) is 29.4. The molecule has 3 aromatic carbocycles. The Hall–Kier alpha value is -4.36. The zero-order valence-corrected chi connectivity index (χ0v) is 21.9. The summed E-state index contributed by atoms with van der Waals surface area (Å²) in [6.45, 7) is 2.17. The maximum Gasteiger partial charge on any atom is 0.306 e. The molecule has 0 spiro atoms. The molecule has 0 saturated carbocycles. The van der Waals surface area contributed by atoms with Crippen molar-refractivity contribution in [3.05, 3.63) is 101 Å². The zero-order chi connectivity index (χ0) is 26.6. The number of rotatable bonds is 8. The number of aromatic nitrogens is 2. The first kappa shape index (κ1) is 25.3. The number of anilines is 2. The highest BCUT2D eigenvalue weighted by Gasteiger charge is 2.28. The third kappa shape index (κ3) is 5.33. The highest BCUT2D eigenvalue weighted by atomic mass is 35.5. The first-order valence-electron chi connectivity index (χ1n) is 12.4. The summed E-state index contributed by atoms with van der Waals surface area (Å²) >= 11 is 6.18. The molecule has 0 bridgehead atoms. The lowest BCUT2D eigenvalue weighted by molar-refractivity contribution is -0.143. The van der Waals surface area contributed by atoms with Crippen LogP contribution in [0.25, 0.3) is 22.7 Å². The van der Waals surface area contributed by atoms with E-state index in [2.05, 4.69) is 15.6 Å². The minimum atomic E-state index is -0.215. The van der Waals surface area contributed by atoms with Crippen LogP contribution in [0.1, 0.15) is 30.0 Å². The summed E-state index contributed by atoms with van der Waals surface area (Å²) in [5.74, 6) is 0.447. The quantitative estimate of drug-likeness (QED) is 0.212. The number of halogens is 1. The zero-order valence-electron chi connectivity index (χ0n) is 21.1. The molecule has 0 fully saturated rings. The summed E-state index contributed by atoms with van der Waals surface area (Å²) in [6.07, 6.45) is 4.57. The largest absolute Gasteiger partial charge is 0.466 e. The van der Waals surface area contributed by atoms with Crippen LogP contribution in [-0.4, -0.2) is 28.0 Å². The summed E-state index contributed by atoms with van der Waals surface area (Å²) in [5.41, 5.74) is 6.31. The molecular formula is C30H27ClN4O3. The van der Waals surface area contributed by atoms with Gasteiger partial charge in [0.05, 0.1) is 23.6 Å². The Morgan fingerprint density at radius 3 is 2.53 bits per heavy atom. The van der Waals surface area contributed by atoms with Gasteiger partial charge in [0, 0.05) is 47.7 Å². The lowest BCUT2D eigenvalue weighted by Crippen LogP contribution is -2.10. The molecule has 7 nitrogen and oxygen atoms in total. The number of nitrogens with one attached hydrogen (secondary N) is 2. The molecule has 38 heavy (non-hydrogen) atoms. The van der Waals surface area contributed by atoms with E-state index in [9.17, 15) is 9.59 Å². The SMILES string of the molecule is CCOC(=O)CCc1ccc(/C(Nc2ccc(-c3nccn3C)cc2)=C2/C(=O)Nc3cc(Cl)ccc32)cc1. The molecule has 8 heteroatoms. The minimum Gasteiger partial charge on any atom is -0.466 e. The van der Waals surface area contributed by atoms with E-state index in [1.54, 1.807) is 25.3 Å². The highest BCUT2D eigenvalue weighted by Crippen LogP contribution is 2.39. The van der Waals surface area contributed by atoms with Crippen molar-refractivity contribution in [2.75, 3.05) is 17.2 Å². The fourth-order valence-corrected chi connectivity index (χ4v) is 4.65. The average molecular weight is 527 g/mol. The highest BCUT2D eigenvalue weighted by molar-refractivity contribution is 6.38. The smallest absolute Gasteiger partial charge is 0.306 e. The molecule has 4 aromatic rings. The van der Waals surface area contributed by atoms with Crippen molar-refractivity contribution in [3.63, 3.8) is 0 Å². The van der Waals surface area contributed by atoms with Gasteiger partial charge in [0.25, 0.3) is 5.91 Å². The van der Waals surface area contributed by atoms with E-state index in [0.717, 1.165) is 33.8 Å². The van der Waals surface area contributed by atoms with Gasteiger partial charge in [0.2, 0.25) is 0 Å². The van der Waals surface area contributed by atoms with Gasteiger partial charge in [-0.2, -0.15) is 0 Å². The summed E-state index contributed by atoms with van der Waals surface area (Å²) in [6, 6.07) is 21.2. The van der Waals surface area contributed by atoms with Crippen molar-refractivity contribution in [1.82, 2.24) is 9.55 Å². The van der Waals surface area contributed by atoms with Crippen LogP contribution in [0.3, 0.4) is 0 Å². The maximum absolute atomic E-state index is 13.2. The number of nitrogens with zero attached hydrogens (tertiary/aromatic N) is 2. The van der Waals surface area contributed by atoms with Crippen molar-refractivity contribution < 1.29 is 14.3 Å². The summed E-state index contributed by atoms with van der Waals surface area (Å²) in [7, 11) is 1.95. The third-order valence-electron chi connectivity index (χ3n) is 6.38. The molecule has 192 valence electrons. The molecule has 5 rings (SSSR count). The van der Waals surface area contributed by atoms with Crippen LogP contribution >= 0.6 is 11.6 Å². The number of carbonyl (C=O) groups excluding carboxylic acids is 2. The lowest BCUT2D eigenvalue weighted by atomic mass is 9.98. The van der Waals surface area contributed by atoms with E-state index in [4.69, 9.17) is 16.3 Å². The minimum absolute atomic E-state index is 0.208. The van der Waals surface area contributed by atoms with Crippen LogP contribution in [0.5, 0.6) is 0 Å². The number of benzene rings is 3. The van der Waals surface area contributed by atoms with E-state index >= 15 is 0 Å². The van der Waals surface area contributed by atoms with Gasteiger partial charge in [-0.25, -0.2) is 4.98 Å². The predicted molar refractivity (Wildman–Crippen MR) is 151 cm³/mol. The van der Waals surface area contributed by atoms with Crippen molar-refractivity contribution in [3.8, 4) is 11.4 Å². The van der Waals surface area contributed by atoms with Crippen molar-refractivity contribution in [1.29, 1.82) is 0 Å². The van der Waals surface area contributed by atoms with E-state index in [1.807, 2.05) is 72.4 Å². The van der Waals surface area contributed by atoms with Gasteiger partial charge in [0.1, 0.15) is 5.82 Å². The van der Waals surface area contributed by atoms with Crippen molar-refractivity contribution in [2.24, 2.45) is 7.05 Å². The molecule has 2 heterocycles. The Morgan fingerprint density at radius 2 is 1.84 bits per heavy atom. The number of aryl methyl sites for hydroxylation is 2. The van der Waals surface area contributed by atoms with E-state index < -0.39 is 0 Å². The third-order valence-corrected chi connectivity index (χ3v) is 6.61. The second kappa shape index (κ2) is 10.9. The molecule has 0 aliphatic carbocycles. The second-order valence-electron chi connectivity index (χ2n) is 8.96. The van der Waals surface area contributed by atoms with Gasteiger partial charge in [0.15, 0.2) is 0 Å².